The van der Waals surface area contributed by atoms with Crippen LogP contribution in [0.2, 0.25) is 0 Å². The SMILES string of the molecule is CC(=O)N1CCN(c2ccc(C(=O)NC(C)c3ccc4c(c3)OCCCO4)cc2[N+](=O)[O-])CC1. The van der Waals surface area contributed by atoms with Gasteiger partial charge in [-0.2, -0.15) is 0 Å². The first kappa shape index (κ1) is 23.3. The van der Waals surface area contributed by atoms with Gasteiger partial charge in [0.05, 0.1) is 24.2 Å². The molecule has 180 valence electrons. The molecular weight excluding hydrogens is 440 g/mol. The third kappa shape index (κ3) is 5.05. The van der Waals surface area contributed by atoms with Crippen molar-refractivity contribution in [2.45, 2.75) is 26.3 Å². The topological polar surface area (TPSA) is 114 Å². The Kier molecular flexibility index (Phi) is 6.85. The number of anilines is 1. The summed E-state index contributed by atoms with van der Waals surface area (Å²) in [4.78, 5) is 39.3. The summed E-state index contributed by atoms with van der Waals surface area (Å²) in [7, 11) is 0. The van der Waals surface area contributed by atoms with Crippen molar-refractivity contribution < 1.29 is 24.0 Å². The molecule has 34 heavy (non-hydrogen) atoms. The Morgan fingerprint density at radius 1 is 1.03 bits per heavy atom. The highest BCUT2D eigenvalue weighted by Crippen LogP contribution is 2.33. The summed E-state index contributed by atoms with van der Waals surface area (Å²) in [5.74, 6) is 0.899. The number of benzene rings is 2. The van der Waals surface area contributed by atoms with E-state index in [1.165, 1.54) is 13.0 Å². The van der Waals surface area contributed by atoms with Gasteiger partial charge in [0.25, 0.3) is 11.6 Å². The minimum Gasteiger partial charge on any atom is -0.490 e. The zero-order valence-electron chi connectivity index (χ0n) is 19.3. The molecule has 0 aliphatic carbocycles. The lowest BCUT2D eigenvalue weighted by atomic mass is 10.1. The molecule has 1 N–H and O–H groups in total. The number of hydrogen-bond acceptors (Lipinski definition) is 7. The van der Waals surface area contributed by atoms with E-state index in [-0.39, 0.29) is 23.2 Å². The Morgan fingerprint density at radius 3 is 2.41 bits per heavy atom. The van der Waals surface area contributed by atoms with E-state index < -0.39 is 10.8 Å². The van der Waals surface area contributed by atoms with Gasteiger partial charge in [-0.25, -0.2) is 0 Å². The fourth-order valence-corrected chi connectivity index (χ4v) is 4.15. The van der Waals surface area contributed by atoms with Crippen LogP contribution in [-0.4, -0.2) is 61.0 Å². The fraction of sp³-hybridized carbons (Fsp3) is 0.417. The van der Waals surface area contributed by atoms with E-state index in [0.29, 0.717) is 56.6 Å². The van der Waals surface area contributed by atoms with Gasteiger partial charge in [-0.1, -0.05) is 6.07 Å². The van der Waals surface area contributed by atoms with Crippen LogP contribution < -0.4 is 19.7 Å². The molecule has 0 spiro atoms. The number of amides is 2. The number of nitro groups is 1. The maximum atomic E-state index is 12.9. The Morgan fingerprint density at radius 2 is 1.74 bits per heavy atom. The van der Waals surface area contributed by atoms with E-state index in [1.54, 1.807) is 17.0 Å². The molecule has 2 aromatic carbocycles. The molecule has 1 fully saturated rings. The third-order valence-corrected chi connectivity index (χ3v) is 6.12. The second kappa shape index (κ2) is 9.98. The van der Waals surface area contributed by atoms with E-state index >= 15 is 0 Å². The monoisotopic (exact) mass is 468 g/mol. The summed E-state index contributed by atoms with van der Waals surface area (Å²) >= 11 is 0. The van der Waals surface area contributed by atoms with Crippen LogP contribution in [0, 0.1) is 10.1 Å². The van der Waals surface area contributed by atoms with Gasteiger partial charge >= 0.3 is 0 Å². The van der Waals surface area contributed by atoms with Crippen LogP contribution in [0.1, 0.15) is 42.2 Å². The Bertz CT molecular complexity index is 1100. The predicted octanol–water partition coefficient (Wildman–Crippen LogP) is 2.92. The lowest BCUT2D eigenvalue weighted by Crippen LogP contribution is -2.48. The van der Waals surface area contributed by atoms with Crippen molar-refractivity contribution >= 4 is 23.2 Å². The standard InChI is InChI=1S/C24H28N4O6/c1-16(18-5-7-22-23(15-18)34-13-3-12-33-22)25-24(30)19-4-6-20(21(14-19)28(31)32)27-10-8-26(9-11-27)17(2)29/h4-7,14-16H,3,8-13H2,1-2H3,(H,25,30). The molecule has 0 radical (unpaired) electrons. The molecular formula is C24H28N4O6. The number of nitro benzene ring substituents is 1. The molecule has 2 amide bonds. The van der Waals surface area contributed by atoms with Gasteiger partial charge in [0, 0.05) is 51.2 Å². The average Bonchev–Trinajstić information content (AvgIpc) is 3.08. The molecule has 10 nitrogen and oxygen atoms in total. The van der Waals surface area contributed by atoms with Crippen LogP contribution in [0.5, 0.6) is 11.5 Å². The van der Waals surface area contributed by atoms with Crippen molar-refractivity contribution in [3.8, 4) is 11.5 Å². The number of carbonyl (C=O) groups is 2. The van der Waals surface area contributed by atoms with Gasteiger partial charge in [-0.05, 0) is 36.8 Å². The van der Waals surface area contributed by atoms with Gasteiger partial charge in [-0.3, -0.25) is 19.7 Å². The number of piperazine rings is 1. The molecule has 10 heteroatoms. The highest BCUT2D eigenvalue weighted by Gasteiger charge is 2.26. The van der Waals surface area contributed by atoms with E-state index in [4.69, 9.17) is 9.47 Å². The second-order valence-corrected chi connectivity index (χ2v) is 8.41. The summed E-state index contributed by atoms with van der Waals surface area (Å²) in [6, 6.07) is 9.70. The Balaban J connectivity index is 1.48. The maximum Gasteiger partial charge on any atom is 0.293 e. The van der Waals surface area contributed by atoms with Crippen molar-refractivity contribution in [1.82, 2.24) is 10.2 Å². The van der Waals surface area contributed by atoms with Crippen molar-refractivity contribution in [2.24, 2.45) is 0 Å². The van der Waals surface area contributed by atoms with Crippen LogP contribution in [0.3, 0.4) is 0 Å². The number of nitrogens with zero attached hydrogens (tertiary/aromatic N) is 3. The first-order valence-corrected chi connectivity index (χ1v) is 11.3. The minimum atomic E-state index is -0.476. The molecule has 4 rings (SSSR count). The second-order valence-electron chi connectivity index (χ2n) is 8.41. The van der Waals surface area contributed by atoms with Gasteiger partial charge in [0.1, 0.15) is 5.69 Å². The number of hydrogen-bond donors (Lipinski definition) is 1. The predicted molar refractivity (Wildman–Crippen MR) is 125 cm³/mol. The molecule has 1 atom stereocenters. The number of carbonyl (C=O) groups excluding carboxylic acids is 2. The molecule has 1 unspecified atom stereocenters. The largest absolute Gasteiger partial charge is 0.490 e. The van der Waals surface area contributed by atoms with Gasteiger partial charge in [-0.15, -0.1) is 0 Å². The smallest absolute Gasteiger partial charge is 0.293 e. The van der Waals surface area contributed by atoms with E-state index in [0.717, 1.165) is 12.0 Å². The average molecular weight is 469 g/mol. The summed E-state index contributed by atoms with van der Waals surface area (Å²) < 4.78 is 11.4. The highest BCUT2D eigenvalue weighted by atomic mass is 16.6. The number of ether oxygens (including phenoxy) is 2. The van der Waals surface area contributed by atoms with Gasteiger partial charge in [0.15, 0.2) is 11.5 Å². The summed E-state index contributed by atoms with van der Waals surface area (Å²) in [5, 5.41) is 14.7. The quantitative estimate of drug-likeness (QED) is 0.530. The first-order chi connectivity index (χ1) is 16.3. The molecule has 0 bridgehead atoms. The first-order valence-electron chi connectivity index (χ1n) is 11.3. The number of nitrogens with one attached hydrogen (secondary N) is 1. The summed E-state index contributed by atoms with van der Waals surface area (Å²) in [5.41, 5.74) is 1.36. The lowest BCUT2D eigenvalue weighted by molar-refractivity contribution is -0.384. The van der Waals surface area contributed by atoms with Crippen LogP contribution in [0.4, 0.5) is 11.4 Å². The van der Waals surface area contributed by atoms with Crippen LogP contribution in [0.25, 0.3) is 0 Å². The molecule has 0 aromatic heterocycles. The Labute approximate surface area is 197 Å². The molecule has 2 aliphatic heterocycles. The fourth-order valence-electron chi connectivity index (χ4n) is 4.15. The summed E-state index contributed by atoms with van der Waals surface area (Å²) in [6.45, 7) is 6.51. The van der Waals surface area contributed by atoms with E-state index in [9.17, 15) is 19.7 Å². The van der Waals surface area contributed by atoms with Crippen LogP contribution in [0.15, 0.2) is 36.4 Å². The Hall–Kier alpha value is -3.82. The highest BCUT2D eigenvalue weighted by molar-refractivity contribution is 5.96. The number of fused-ring (bicyclic) bond motifs is 1. The maximum absolute atomic E-state index is 12.9. The summed E-state index contributed by atoms with van der Waals surface area (Å²) in [6.07, 6.45) is 0.803. The van der Waals surface area contributed by atoms with Crippen LogP contribution in [-0.2, 0) is 4.79 Å². The van der Waals surface area contributed by atoms with Crippen molar-refractivity contribution in [1.29, 1.82) is 0 Å². The van der Waals surface area contributed by atoms with Crippen molar-refractivity contribution in [2.75, 3.05) is 44.3 Å². The van der Waals surface area contributed by atoms with Gasteiger partial charge < -0.3 is 24.6 Å². The van der Waals surface area contributed by atoms with Crippen molar-refractivity contribution in [3.63, 3.8) is 0 Å². The third-order valence-electron chi connectivity index (χ3n) is 6.12. The van der Waals surface area contributed by atoms with E-state index in [1.807, 2.05) is 30.0 Å². The number of rotatable bonds is 5. The van der Waals surface area contributed by atoms with Gasteiger partial charge in [0.2, 0.25) is 5.91 Å². The molecule has 2 aromatic rings. The minimum absolute atomic E-state index is 0.0103. The zero-order valence-corrected chi connectivity index (χ0v) is 19.3. The molecule has 0 saturated carbocycles. The van der Waals surface area contributed by atoms with Crippen LogP contribution >= 0.6 is 0 Å². The van der Waals surface area contributed by atoms with Crippen molar-refractivity contribution in [3.05, 3.63) is 57.6 Å². The molecule has 2 heterocycles. The van der Waals surface area contributed by atoms with E-state index in [2.05, 4.69) is 5.32 Å². The molecule has 1 saturated heterocycles. The normalized spacial score (nSPS) is 16.4. The molecule has 2 aliphatic rings. The zero-order chi connectivity index (χ0) is 24.2. The lowest BCUT2D eigenvalue weighted by Gasteiger charge is -2.35.